The molecule has 0 saturated heterocycles. The van der Waals surface area contributed by atoms with Crippen LogP contribution in [0.25, 0.3) is 10.9 Å². The minimum absolute atomic E-state index is 0.553. The van der Waals surface area contributed by atoms with Crippen molar-refractivity contribution in [2.75, 3.05) is 0 Å². The third-order valence-corrected chi connectivity index (χ3v) is 4.59. The molecule has 2 heteroatoms. The lowest BCUT2D eigenvalue weighted by molar-refractivity contribution is 0.206. The van der Waals surface area contributed by atoms with Gasteiger partial charge in [0.15, 0.2) is 0 Å². The van der Waals surface area contributed by atoms with Crippen molar-refractivity contribution in [3.63, 3.8) is 0 Å². The van der Waals surface area contributed by atoms with Gasteiger partial charge in [0.25, 0.3) is 0 Å². The molecule has 0 bridgehead atoms. The molecule has 1 aromatic heterocycles. The van der Waals surface area contributed by atoms with E-state index in [1.54, 1.807) is 0 Å². The van der Waals surface area contributed by atoms with Crippen LogP contribution in [0.4, 0.5) is 0 Å². The summed E-state index contributed by atoms with van der Waals surface area (Å²) < 4.78 is 0. The molecule has 1 aliphatic carbocycles. The van der Waals surface area contributed by atoms with Crippen LogP contribution in [0.2, 0.25) is 0 Å². The number of hydrogen-bond donors (Lipinski definition) is 2. The first-order valence-corrected chi connectivity index (χ1v) is 7.42. The highest BCUT2D eigenvalue weighted by atomic mass is 14.9. The van der Waals surface area contributed by atoms with E-state index in [9.17, 15) is 0 Å². The minimum atomic E-state index is 0.553. The normalized spacial score (nSPS) is 19.9. The third-order valence-electron chi connectivity index (χ3n) is 4.59. The first kappa shape index (κ1) is 12.7. The smallest absolute Gasteiger partial charge is 0.0499 e. The molecule has 1 fully saturated rings. The van der Waals surface area contributed by atoms with Gasteiger partial charge in [0.05, 0.1) is 0 Å². The SMILES string of the molecule is CC1(C)CCC(NCc2cccc3cc[nH]c23)CC1. The van der Waals surface area contributed by atoms with E-state index >= 15 is 0 Å². The molecule has 0 amide bonds. The van der Waals surface area contributed by atoms with Crippen molar-refractivity contribution in [1.29, 1.82) is 0 Å². The molecule has 0 unspecified atom stereocenters. The summed E-state index contributed by atoms with van der Waals surface area (Å²) in [5.41, 5.74) is 3.22. The first-order valence-electron chi connectivity index (χ1n) is 7.42. The van der Waals surface area contributed by atoms with Gasteiger partial charge in [0, 0.05) is 24.3 Å². The fraction of sp³-hybridized carbons (Fsp3) is 0.529. The molecule has 0 spiro atoms. The molecule has 3 rings (SSSR count). The molecule has 1 aliphatic rings. The van der Waals surface area contributed by atoms with Crippen LogP contribution in [0.1, 0.15) is 45.1 Å². The summed E-state index contributed by atoms with van der Waals surface area (Å²) in [6.45, 7) is 5.76. The van der Waals surface area contributed by atoms with Crippen molar-refractivity contribution in [2.45, 2.75) is 52.1 Å². The fourth-order valence-corrected chi connectivity index (χ4v) is 3.15. The van der Waals surface area contributed by atoms with Gasteiger partial charge in [0.2, 0.25) is 0 Å². The van der Waals surface area contributed by atoms with E-state index < -0.39 is 0 Å². The highest BCUT2D eigenvalue weighted by molar-refractivity contribution is 5.82. The van der Waals surface area contributed by atoms with E-state index in [-0.39, 0.29) is 0 Å². The maximum Gasteiger partial charge on any atom is 0.0499 e. The zero-order chi connectivity index (χ0) is 13.3. The molecule has 102 valence electrons. The van der Waals surface area contributed by atoms with Crippen LogP contribution in [0.5, 0.6) is 0 Å². The second kappa shape index (κ2) is 5.01. The monoisotopic (exact) mass is 256 g/mol. The number of nitrogens with one attached hydrogen (secondary N) is 2. The van der Waals surface area contributed by atoms with E-state index in [0.29, 0.717) is 11.5 Å². The second-order valence-electron chi connectivity index (χ2n) is 6.68. The summed E-state index contributed by atoms with van der Waals surface area (Å²) in [6.07, 6.45) is 7.34. The second-order valence-corrected chi connectivity index (χ2v) is 6.68. The molecule has 0 radical (unpaired) electrons. The molecule has 1 aromatic carbocycles. The van der Waals surface area contributed by atoms with E-state index in [0.717, 1.165) is 6.54 Å². The molecule has 2 aromatic rings. The van der Waals surface area contributed by atoms with E-state index in [2.05, 4.69) is 48.4 Å². The van der Waals surface area contributed by atoms with Crippen LogP contribution in [0.3, 0.4) is 0 Å². The van der Waals surface area contributed by atoms with Gasteiger partial charge in [-0.2, -0.15) is 0 Å². The van der Waals surface area contributed by atoms with E-state index in [4.69, 9.17) is 0 Å². The summed E-state index contributed by atoms with van der Waals surface area (Å²) >= 11 is 0. The number of H-pyrrole nitrogens is 1. The van der Waals surface area contributed by atoms with Crippen LogP contribution in [-0.4, -0.2) is 11.0 Å². The molecule has 2 N–H and O–H groups in total. The van der Waals surface area contributed by atoms with E-state index in [1.165, 1.54) is 42.1 Å². The molecule has 2 nitrogen and oxygen atoms in total. The summed E-state index contributed by atoms with van der Waals surface area (Å²) in [6, 6.07) is 9.37. The average Bonchev–Trinajstić information content (AvgIpc) is 2.86. The van der Waals surface area contributed by atoms with Gasteiger partial charge in [-0.3, -0.25) is 0 Å². The van der Waals surface area contributed by atoms with Crippen LogP contribution in [-0.2, 0) is 6.54 Å². The number of rotatable bonds is 3. The largest absolute Gasteiger partial charge is 0.361 e. The predicted molar refractivity (Wildman–Crippen MR) is 81.2 cm³/mol. The quantitative estimate of drug-likeness (QED) is 0.845. The van der Waals surface area contributed by atoms with Crippen LogP contribution in [0, 0.1) is 5.41 Å². The Kier molecular flexibility index (Phi) is 3.36. The first-order chi connectivity index (χ1) is 9.14. The number of hydrogen-bond acceptors (Lipinski definition) is 1. The van der Waals surface area contributed by atoms with Crippen molar-refractivity contribution in [3.05, 3.63) is 36.0 Å². The van der Waals surface area contributed by atoms with Crippen molar-refractivity contribution < 1.29 is 0 Å². The Bertz CT molecular complexity index is 543. The number of aromatic nitrogens is 1. The Labute approximate surface area is 115 Å². The maximum atomic E-state index is 3.74. The van der Waals surface area contributed by atoms with Crippen LogP contribution >= 0.6 is 0 Å². The number of benzene rings is 1. The highest BCUT2D eigenvalue weighted by Crippen LogP contribution is 2.35. The van der Waals surface area contributed by atoms with Gasteiger partial charge in [-0.05, 0) is 48.1 Å². The fourth-order valence-electron chi connectivity index (χ4n) is 3.15. The third kappa shape index (κ3) is 2.84. The summed E-state index contributed by atoms with van der Waals surface area (Å²) in [7, 11) is 0. The van der Waals surface area contributed by atoms with Crippen LogP contribution in [0.15, 0.2) is 30.5 Å². The molecule has 19 heavy (non-hydrogen) atoms. The molecule has 0 atom stereocenters. The average molecular weight is 256 g/mol. The van der Waals surface area contributed by atoms with Gasteiger partial charge in [-0.15, -0.1) is 0 Å². The lowest BCUT2D eigenvalue weighted by Crippen LogP contribution is -2.35. The van der Waals surface area contributed by atoms with Gasteiger partial charge in [-0.25, -0.2) is 0 Å². The van der Waals surface area contributed by atoms with Crippen molar-refractivity contribution in [3.8, 4) is 0 Å². The Hall–Kier alpha value is -1.28. The van der Waals surface area contributed by atoms with Crippen molar-refractivity contribution in [2.24, 2.45) is 5.41 Å². The molecular weight excluding hydrogens is 232 g/mol. The van der Waals surface area contributed by atoms with E-state index in [1.807, 2.05) is 6.20 Å². The predicted octanol–water partition coefficient (Wildman–Crippen LogP) is 4.23. The lowest BCUT2D eigenvalue weighted by Gasteiger charge is -2.34. The molecule has 1 heterocycles. The maximum absolute atomic E-state index is 3.74. The number of aromatic amines is 1. The lowest BCUT2D eigenvalue weighted by atomic mass is 9.75. The van der Waals surface area contributed by atoms with Gasteiger partial charge < -0.3 is 10.3 Å². The van der Waals surface area contributed by atoms with Gasteiger partial charge in [0.1, 0.15) is 0 Å². The van der Waals surface area contributed by atoms with Crippen molar-refractivity contribution in [1.82, 2.24) is 10.3 Å². The standard InChI is InChI=1S/C17H24N2/c1-17(2)9-6-15(7-10-17)19-12-14-5-3-4-13-8-11-18-16(13)14/h3-5,8,11,15,18-19H,6-7,9-10,12H2,1-2H3. The highest BCUT2D eigenvalue weighted by Gasteiger charge is 2.26. The van der Waals surface area contributed by atoms with Crippen molar-refractivity contribution >= 4 is 10.9 Å². The summed E-state index contributed by atoms with van der Waals surface area (Å²) in [5.74, 6) is 0. The molecular formula is C17H24N2. The Morgan fingerprint density at radius 1 is 1.21 bits per heavy atom. The molecule has 0 aliphatic heterocycles. The zero-order valence-electron chi connectivity index (χ0n) is 12.0. The molecule has 1 saturated carbocycles. The van der Waals surface area contributed by atoms with Gasteiger partial charge in [-0.1, -0.05) is 32.0 Å². The summed E-state index contributed by atoms with van der Waals surface area (Å²) in [4.78, 5) is 3.35. The van der Waals surface area contributed by atoms with Crippen LogP contribution < -0.4 is 5.32 Å². The number of fused-ring (bicyclic) bond motifs is 1. The Balaban J connectivity index is 1.62. The van der Waals surface area contributed by atoms with Gasteiger partial charge >= 0.3 is 0 Å². The Morgan fingerprint density at radius 2 is 2.00 bits per heavy atom. The number of para-hydroxylation sites is 1. The zero-order valence-corrected chi connectivity index (χ0v) is 12.0. The Morgan fingerprint density at radius 3 is 2.79 bits per heavy atom. The topological polar surface area (TPSA) is 27.8 Å². The minimum Gasteiger partial charge on any atom is -0.361 e. The summed E-state index contributed by atoms with van der Waals surface area (Å²) in [5, 5.41) is 5.05.